The molecule has 4 nitrogen and oxygen atoms in total. The van der Waals surface area contributed by atoms with Crippen molar-refractivity contribution in [3.05, 3.63) is 42.9 Å². The molecule has 0 spiro atoms. The SMILES string of the molecule is CC(C)N1[B]N(c2cc(-c3ccncc3)ccn2)CC1.[Ir]. The maximum Gasteiger partial charge on any atom is 0.353 e. The molecule has 2 aromatic heterocycles. The van der Waals surface area contributed by atoms with Gasteiger partial charge in [0.05, 0.1) is 0 Å². The fraction of sp³-hybridized carbons (Fsp3) is 0.333. The number of nitrogens with zero attached hydrogens (tertiary/aromatic N) is 4. The molecule has 1 fully saturated rings. The van der Waals surface area contributed by atoms with Crippen LogP contribution in [0.1, 0.15) is 13.8 Å². The van der Waals surface area contributed by atoms with E-state index in [0.29, 0.717) is 6.04 Å². The summed E-state index contributed by atoms with van der Waals surface area (Å²) in [6.45, 7) is 6.46. The van der Waals surface area contributed by atoms with E-state index < -0.39 is 0 Å². The van der Waals surface area contributed by atoms with E-state index in [2.05, 4.69) is 47.1 Å². The summed E-state index contributed by atoms with van der Waals surface area (Å²) < 4.78 is 0. The van der Waals surface area contributed by atoms with Crippen molar-refractivity contribution in [2.45, 2.75) is 19.9 Å². The maximum atomic E-state index is 4.49. The first-order valence-corrected chi connectivity index (χ1v) is 6.98. The molecule has 110 valence electrons. The Bertz CT molecular complexity index is 579. The predicted molar refractivity (Wildman–Crippen MR) is 82.4 cm³/mol. The predicted octanol–water partition coefficient (Wildman–Crippen LogP) is 2.21. The van der Waals surface area contributed by atoms with Gasteiger partial charge >= 0.3 is 7.55 Å². The minimum absolute atomic E-state index is 0. The van der Waals surface area contributed by atoms with Crippen molar-refractivity contribution >= 4 is 13.4 Å². The van der Waals surface area contributed by atoms with E-state index in [1.807, 2.05) is 36.8 Å². The minimum Gasteiger partial charge on any atom is -0.388 e. The monoisotopic (exact) mass is 458 g/mol. The molecular weight excluding hydrogens is 439 g/mol. The number of hydrogen-bond donors (Lipinski definition) is 0. The van der Waals surface area contributed by atoms with Crippen LogP contribution in [0.4, 0.5) is 5.82 Å². The first-order valence-electron chi connectivity index (χ1n) is 6.98. The summed E-state index contributed by atoms with van der Waals surface area (Å²) in [7, 11) is 2.17. The van der Waals surface area contributed by atoms with Crippen LogP contribution in [0.5, 0.6) is 0 Å². The molecule has 3 rings (SSSR count). The second kappa shape index (κ2) is 7.16. The zero-order valence-electron chi connectivity index (χ0n) is 12.2. The van der Waals surface area contributed by atoms with Crippen LogP contribution in [0.3, 0.4) is 0 Å². The molecular formula is C15H18BIrN4. The molecule has 0 aliphatic carbocycles. The van der Waals surface area contributed by atoms with Gasteiger partial charge in [-0.1, -0.05) is 13.8 Å². The fourth-order valence-corrected chi connectivity index (χ4v) is 2.38. The van der Waals surface area contributed by atoms with Crippen LogP contribution in [0, 0.1) is 0 Å². The topological polar surface area (TPSA) is 32.3 Å². The van der Waals surface area contributed by atoms with Crippen LogP contribution in [0.2, 0.25) is 0 Å². The van der Waals surface area contributed by atoms with Crippen molar-refractivity contribution in [1.29, 1.82) is 0 Å². The van der Waals surface area contributed by atoms with Crippen LogP contribution in [0.25, 0.3) is 11.1 Å². The van der Waals surface area contributed by atoms with Gasteiger partial charge in [-0.25, -0.2) is 4.98 Å². The number of hydrogen-bond acceptors (Lipinski definition) is 4. The van der Waals surface area contributed by atoms with Crippen molar-refractivity contribution in [3.63, 3.8) is 0 Å². The summed E-state index contributed by atoms with van der Waals surface area (Å²) in [5, 5.41) is 0. The Morgan fingerprint density at radius 2 is 1.76 bits per heavy atom. The van der Waals surface area contributed by atoms with Gasteiger partial charge in [0, 0.05) is 51.8 Å². The molecule has 3 heterocycles. The molecule has 0 bridgehead atoms. The van der Waals surface area contributed by atoms with Crippen LogP contribution < -0.4 is 4.81 Å². The van der Waals surface area contributed by atoms with E-state index >= 15 is 0 Å². The van der Waals surface area contributed by atoms with Gasteiger partial charge in [-0.05, 0) is 41.4 Å². The van der Waals surface area contributed by atoms with Gasteiger partial charge in [0.25, 0.3) is 0 Å². The summed E-state index contributed by atoms with van der Waals surface area (Å²) >= 11 is 0. The number of pyridine rings is 2. The van der Waals surface area contributed by atoms with Crippen molar-refractivity contribution in [2.24, 2.45) is 0 Å². The van der Waals surface area contributed by atoms with E-state index in [9.17, 15) is 0 Å². The Morgan fingerprint density at radius 1 is 1.05 bits per heavy atom. The third kappa shape index (κ3) is 3.70. The second-order valence-electron chi connectivity index (χ2n) is 5.28. The summed E-state index contributed by atoms with van der Waals surface area (Å²) in [5.74, 6) is 1.00. The maximum absolute atomic E-state index is 4.49. The Hall–Kier alpha value is -1.23. The molecule has 2 aromatic rings. The van der Waals surface area contributed by atoms with Gasteiger partial charge in [-0.3, -0.25) is 4.98 Å². The molecule has 1 saturated heterocycles. The number of anilines is 1. The summed E-state index contributed by atoms with van der Waals surface area (Å²) in [5.41, 5.74) is 2.34. The molecule has 0 amide bonds. The third-order valence-electron chi connectivity index (χ3n) is 3.60. The molecule has 2 radical (unpaired) electrons. The molecule has 1 aliphatic rings. The van der Waals surface area contributed by atoms with Crippen LogP contribution in [0.15, 0.2) is 42.9 Å². The average molecular weight is 457 g/mol. The molecule has 0 N–H and O–H groups in total. The molecule has 0 saturated carbocycles. The Kier molecular flexibility index (Phi) is 5.51. The van der Waals surface area contributed by atoms with Gasteiger partial charge in [0.15, 0.2) is 0 Å². The zero-order chi connectivity index (χ0) is 13.9. The largest absolute Gasteiger partial charge is 0.388 e. The molecule has 6 heteroatoms. The quantitative estimate of drug-likeness (QED) is 0.662. The van der Waals surface area contributed by atoms with Crippen molar-refractivity contribution in [3.8, 4) is 11.1 Å². The zero-order valence-corrected chi connectivity index (χ0v) is 14.6. The Balaban J connectivity index is 0.00000161. The standard InChI is InChI=1S/C15H18BN4.Ir/c1-12(2)19-9-10-20(16-19)15-11-14(5-8-18-15)13-3-6-17-7-4-13;/h3-8,11-12H,9-10H2,1-2H3;. The van der Waals surface area contributed by atoms with Gasteiger partial charge < -0.3 is 9.62 Å². The summed E-state index contributed by atoms with van der Waals surface area (Å²) in [4.78, 5) is 13.1. The molecule has 1 aliphatic heterocycles. The van der Waals surface area contributed by atoms with E-state index in [0.717, 1.165) is 18.9 Å². The summed E-state index contributed by atoms with van der Waals surface area (Å²) in [6, 6.07) is 8.74. The summed E-state index contributed by atoms with van der Waals surface area (Å²) in [6.07, 6.45) is 5.51. The van der Waals surface area contributed by atoms with Gasteiger partial charge in [-0.2, -0.15) is 0 Å². The first-order chi connectivity index (χ1) is 9.74. The second-order valence-corrected chi connectivity index (χ2v) is 5.28. The smallest absolute Gasteiger partial charge is 0.353 e. The number of rotatable bonds is 3. The molecule has 0 atom stereocenters. The van der Waals surface area contributed by atoms with Gasteiger partial charge in [-0.15, -0.1) is 0 Å². The van der Waals surface area contributed by atoms with Crippen molar-refractivity contribution in [2.75, 3.05) is 17.9 Å². The van der Waals surface area contributed by atoms with E-state index in [-0.39, 0.29) is 20.1 Å². The fourth-order valence-electron chi connectivity index (χ4n) is 2.38. The van der Waals surface area contributed by atoms with Crippen LogP contribution in [-0.4, -0.2) is 41.5 Å². The number of aromatic nitrogens is 2. The Morgan fingerprint density at radius 3 is 2.43 bits per heavy atom. The van der Waals surface area contributed by atoms with Crippen LogP contribution >= 0.6 is 0 Å². The van der Waals surface area contributed by atoms with Crippen molar-refractivity contribution < 1.29 is 20.1 Å². The Labute approximate surface area is 140 Å². The molecule has 0 unspecified atom stereocenters. The van der Waals surface area contributed by atoms with E-state index in [4.69, 9.17) is 0 Å². The first kappa shape index (κ1) is 16.2. The van der Waals surface area contributed by atoms with E-state index in [1.54, 1.807) is 0 Å². The third-order valence-corrected chi connectivity index (χ3v) is 3.60. The molecule has 21 heavy (non-hydrogen) atoms. The van der Waals surface area contributed by atoms with Crippen LogP contribution in [-0.2, 0) is 20.1 Å². The van der Waals surface area contributed by atoms with Crippen molar-refractivity contribution in [1.82, 2.24) is 14.8 Å². The minimum atomic E-state index is 0. The average Bonchev–Trinajstić information content (AvgIpc) is 2.98. The van der Waals surface area contributed by atoms with Gasteiger partial charge in [0.1, 0.15) is 5.82 Å². The van der Waals surface area contributed by atoms with E-state index in [1.165, 1.54) is 11.1 Å². The molecule has 0 aromatic carbocycles. The normalized spacial score (nSPS) is 14.9. The van der Waals surface area contributed by atoms with Gasteiger partial charge in [0.2, 0.25) is 0 Å².